The van der Waals surface area contributed by atoms with Gasteiger partial charge in [-0.25, -0.2) is 18.4 Å². The fourth-order valence-corrected chi connectivity index (χ4v) is 2.48. The summed E-state index contributed by atoms with van der Waals surface area (Å²) >= 11 is 0. The van der Waals surface area contributed by atoms with Crippen molar-refractivity contribution in [3.63, 3.8) is 0 Å². The van der Waals surface area contributed by atoms with Gasteiger partial charge in [-0.1, -0.05) is 6.42 Å². The van der Waals surface area contributed by atoms with Crippen LogP contribution in [0.5, 0.6) is 0 Å². The van der Waals surface area contributed by atoms with Crippen LogP contribution in [0.1, 0.15) is 52.9 Å². The van der Waals surface area contributed by atoms with Crippen LogP contribution in [0.3, 0.4) is 0 Å². The number of carboxylic acids is 1. The van der Waals surface area contributed by atoms with Crippen LogP contribution in [-0.4, -0.2) is 34.7 Å². The number of carboxylic acid groups (broad SMARTS) is 1. The molecule has 1 aliphatic rings. The van der Waals surface area contributed by atoms with Gasteiger partial charge >= 0.3 is 12.1 Å². The molecule has 1 unspecified atom stereocenters. The van der Waals surface area contributed by atoms with Crippen LogP contribution in [0.4, 0.5) is 13.6 Å². The number of hydrogen-bond acceptors (Lipinski definition) is 3. The Balaban J connectivity index is 2.76. The third-order valence-electron chi connectivity index (χ3n) is 3.34. The van der Waals surface area contributed by atoms with Gasteiger partial charge in [-0.3, -0.25) is 0 Å². The van der Waals surface area contributed by atoms with Crippen LogP contribution in [0.2, 0.25) is 0 Å². The van der Waals surface area contributed by atoms with Crippen LogP contribution in [-0.2, 0) is 9.53 Å². The summed E-state index contributed by atoms with van der Waals surface area (Å²) in [5, 5.41) is 11.4. The summed E-state index contributed by atoms with van der Waals surface area (Å²) in [7, 11) is 0. The molecule has 5 nitrogen and oxygen atoms in total. The summed E-state index contributed by atoms with van der Waals surface area (Å²) in [5.74, 6) is -5.00. The van der Waals surface area contributed by atoms with Gasteiger partial charge in [-0.2, -0.15) is 0 Å². The average Bonchev–Trinajstić information content (AvgIpc) is 2.44. The van der Waals surface area contributed by atoms with E-state index in [4.69, 9.17) is 4.74 Å². The Kier molecular flexibility index (Phi) is 5.53. The Morgan fingerprint density at radius 1 is 1.33 bits per heavy atom. The van der Waals surface area contributed by atoms with E-state index in [9.17, 15) is 23.5 Å². The van der Waals surface area contributed by atoms with E-state index < -0.39 is 42.0 Å². The van der Waals surface area contributed by atoms with Crippen LogP contribution in [0.15, 0.2) is 0 Å². The summed E-state index contributed by atoms with van der Waals surface area (Å²) in [5.41, 5.74) is -0.777. The summed E-state index contributed by atoms with van der Waals surface area (Å²) in [6.45, 7) is 4.92. The zero-order chi connectivity index (χ0) is 16.3. The van der Waals surface area contributed by atoms with Gasteiger partial charge in [0.05, 0.1) is 0 Å². The minimum Gasteiger partial charge on any atom is -0.480 e. The van der Waals surface area contributed by atoms with Crippen molar-refractivity contribution in [1.82, 2.24) is 5.32 Å². The third-order valence-corrected chi connectivity index (χ3v) is 3.34. The van der Waals surface area contributed by atoms with E-state index >= 15 is 0 Å². The number of nitrogens with one attached hydrogen (secondary N) is 1. The Morgan fingerprint density at radius 2 is 1.95 bits per heavy atom. The highest BCUT2D eigenvalue weighted by molar-refractivity contribution is 5.80. The van der Waals surface area contributed by atoms with Gasteiger partial charge in [0.2, 0.25) is 5.92 Å². The van der Waals surface area contributed by atoms with Gasteiger partial charge in [0.1, 0.15) is 11.6 Å². The number of halogens is 2. The summed E-state index contributed by atoms with van der Waals surface area (Å²) < 4.78 is 32.2. The molecule has 0 spiro atoms. The Bertz CT molecular complexity index is 393. The molecule has 122 valence electrons. The lowest BCUT2D eigenvalue weighted by molar-refractivity contribution is -0.142. The number of alkyl halides is 2. The predicted octanol–water partition coefficient (Wildman–Crippen LogP) is 3.18. The average molecular weight is 307 g/mol. The molecule has 0 aromatic rings. The lowest BCUT2D eigenvalue weighted by atomic mass is 9.91. The highest BCUT2D eigenvalue weighted by atomic mass is 19.3. The standard InChI is InChI=1S/C14H23F2NO4/c1-13(2,3)21-12(20)17-10(11(18)19)9-6-4-5-7-14(15,16)8-9/h9-10H,4-8H2,1-3H3,(H,17,20)(H,18,19)/t9-,10?/m0/s1. The summed E-state index contributed by atoms with van der Waals surface area (Å²) in [6, 6.07) is -1.36. The molecule has 0 aromatic carbocycles. The second-order valence-electron chi connectivity index (χ2n) is 6.53. The van der Waals surface area contributed by atoms with Crippen molar-refractivity contribution in [2.75, 3.05) is 0 Å². The Morgan fingerprint density at radius 3 is 2.48 bits per heavy atom. The number of alkyl carbamates (subject to hydrolysis) is 1. The van der Waals surface area contributed by atoms with Gasteiger partial charge in [-0.05, 0) is 39.5 Å². The number of amides is 1. The van der Waals surface area contributed by atoms with Crippen molar-refractivity contribution in [2.45, 2.75) is 70.4 Å². The number of rotatable bonds is 3. The van der Waals surface area contributed by atoms with Gasteiger partial charge in [0.25, 0.3) is 0 Å². The van der Waals surface area contributed by atoms with E-state index in [-0.39, 0.29) is 6.42 Å². The zero-order valence-corrected chi connectivity index (χ0v) is 12.6. The molecule has 0 radical (unpaired) electrons. The first-order chi connectivity index (χ1) is 9.50. The number of ether oxygens (including phenoxy) is 1. The van der Waals surface area contributed by atoms with Gasteiger partial charge in [-0.15, -0.1) is 0 Å². The van der Waals surface area contributed by atoms with Crippen LogP contribution in [0, 0.1) is 5.92 Å². The molecule has 0 saturated heterocycles. The molecule has 0 bridgehead atoms. The van der Waals surface area contributed by atoms with Crippen molar-refractivity contribution in [1.29, 1.82) is 0 Å². The highest BCUT2D eigenvalue weighted by Crippen LogP contribution is 2.36. The second-order valence-corrected chi connectivity index (χ2v) is 6.53. The van der Waals surface area contributed by atoms with Crippen LogP contribution in [0.25, 0.3) is 0 Å². The van der Waals surface area contributed by atoms with Gasteiger partial charge in [0, 0.05) is 12.8 Å². The quantitative estimate of drug-likeness (QED) is 0.785. The summed E-state index contributed by atoms with van der Waals surface area (Å²) in [4.78, 5) is 23.0. The maximum absolute atomic E-state index is 13.6. The Labute approximate surface area is 123 Å². The second kappa shape index (κ2) is 6.58. The Hall–Kier alpha value is -1.40. The molecular formula is C14H23F2NO4. The van der Waals surface area contributed by atoms with Crippen molar-refractivity contribution >= 4 is 12.1 Å². The molecule has 0 aromatic heterocycles. The molecule has 0 heterocycles. The van der Waals surface area contributed by atoms with Crippen molar-refractivity contribution < 1.29 is 28.2 Å². The van der Waals surface area contributed by atoms with E-state index in [1.807, 2.05) is 0 Å². The molecule has 1 amide bonds. The maximum Gasteiger partial charge on any atom is 0.408 e. The van der Waals surface area contributed by atoms with E-state index in [0.717, 1.165) is 0 Å². The van der Waals surface area contributed by atoms with E-state index in [2.05, 4.69) is 5.32 Å². The third kappa shape index (κ3) is 6.27. The molecular weight excluding hydrogens is 284 g/mol. The van der Waals surface area contributed by atoms with Gasteiger partial charge < -0.3 is 15.2 Å². The first kappa shape index (κ1) is 17.7. The van der Waals surface area contributed by atoms with Crippen LogP contribution < -0.4 is 5.32 Å². The minimum absolute atomic E-state index is 0.234. The van der Waals surface area contributed by atoms with E-state index in [1.54, 1.807) is 20.8 Å². The predicted molar refractivity (Wildman–Crippen MR) is 72.3 cm³/mol. The first-order valence-electron chi connectivity index (χ1n) is 7.10. The van der Waals surface area contributed by atoms with Crippen molar-refractivity contribution in [3.8, 4) is 0 Å². The molecule has 1 aliphatic carbocycles. The van der Waals surface area contributed by atoms with Crippen molar-refractivity contribution in [2.24, 2.45) is 5.92 Å². The molecule has 2 atom stereocenters. The molecule has 1 saturated carbocycles. The highest BCUT2D eigenvalue weighted by Gasteiger charge is 2.40. The number of aliphatic carboxylic acids is 1. The molecule has 21 heavy (non-hydrogen) atoms. The molecule has 1 fully saturated rings. The smallest absolute Gasteiger partial charge is 0.408 e. The fourth-order valence-electron chi connectivity index (χ4n) is 2.48. The number of hydrogen-bond donors (Lipinski definition) is 2. The fraction of sp³-hybridized carbons (Fsp3) is 0.857. The normalized spacial score (nSPS) is 23.8. The largest absolute Gasteiger partial charge is 0.480 e. The lowest BCUT2D eigenvalue weighted by Gasteiger charge is -2.27. The van der Waals surface area contributed by atoms with Crippen molar-refractivity contribution in [3.05, 3.63) is 0 Å². The lowest BCUT2D eigenvalue weighted by Crippen LogP contribution is -2.48. The minimum atomic E-state index is -2.88. The molecule has 7 heteroatoms. The monoisotopic (exact) mass is 307 g/mol. The first-order valence-corrected chi connectivity index (χ1v) is 7.10. The van der Waals surface area contributed by atoms with Gasteiger partial charge in [0.15, 0.2) is 0 Å². The number of carbonyl (C=O) groups is 2. The summed E-state index contributed by atoms with van der Waals surface area (Å²) in [6.07, 6.45) is -0.422. The number of carbonyl (C=O) groups excluding carboxylic acids is 1. The SMILES string of the molecule is CC(C)(C)OC(=O)NC(C(=O)O)[C@H]1CCCCC(F)(F)C1. The molecule has 2 N–H and O–H groups in total. The van der Waals surface area contributed by atoms with Crippen LogP contribution >= 0.6 is 0 Å². The topological polar surface area (TPSA) is 75.6 Å². The maximum atomic E-state index is 13.6. The van der Waals surface area contributed by atoms with E-state index in [0.29, 0.717) is 19.3 Å². The molecule has 1 rings (SSSR count). The molecule has 0 aliphatic heterocycles. The van der Waals surface area contributed by atoms with E-state index in [1.165, 1.54) is 0 Å². The zero-order valence-electron chi connectivity index (χ0n) is 12.6.